The molecule has 0 saturated carbocycles. The highest BCUT2D eigenvalue weighted by Crippen LogP contribution is 2.24. The van der Waals surface area contributed by atoms with Crippen LogP contribution in [0.5, 0.6) is 5.88 Å². The molecule has 0 amide bonds. The first-order valence-corrected chi connectivity index (χ1v) is 7.68. The van der Waals surface area contributed by atoms with Crippen molar-refractivity contribution >= 4 is 5.82 Å². The monoisotopic (exact) mass is 294 g/mol. The number of aromatic nitrogens is 2. The van der Waals surface area contributed by atoms with Gasteiger partial charge in [0.15, 0.2) is 0 Å². The standard InChI is InChI=1S/C15H26N4O2/c1-4-21-15-12(2)14(17-11-18-15)19(8-9-20-3)10-13-6-5-7-16-13/h11,13,16H,4-10H2,1-3H3. The van der Waals surface area contributed by atoms with Gasteiger partial charge in [-0.05, 0) is 33.2 Å². The minimum absolute atomic E-state index is 0.520. The molecule has 1 fully saturated rings. The van der Waals surface area contributed by atoms with Gasteiger partial charge in [-0.2, -0.15) is 0 Å². The van der Waals surface area contributed by atoms with Crippen LogP contribution in [0.15, 0.2) is 6.33 Å². The number of hydrogen-bond donors (Lipinski definition) is 1. The molecule has 0 bridgehead atoms. The third kappa shape index (κ3) is 4.28. The summed E-state index contributed by atoms with van der Waals surface area (Å²) in [5.41, 5.74) is 0.994. The fourth-order valence-corrected chi connectivity index (χ4v) is 2.69. The molecule has 2 heterocycles. The average Bonchev–Trinajstić information content (AvgIpc) is 2.99. The number of methoxy groups -OCH3 is 1. The lowest BCUT2D eigenvalue weighted by Crippen LogP contribution is -2.40. The molecule has 1 aliphatic rings. The number of ether oxygens (including phenoxy) is 2. The fourth-order valence-electron chi connectivity index (χ4n) is 2.69. The van der Waals surface area contributed by atoms with Crippen molar-refractivity contribution in [1.29, 1.82) is 0 Å². The highest BCUT2D eigenvalue weighted by molar-refractivity contribution is 5.50. The summed E-state index contributed by atoms with van der Waals surface area (Å²) >= 11 is 0. The predicted octanol–water partition coefficient (Wildman–Crippen LogP) is 1.39. The minimum atomic E-state index is 0.520. The molecule has 1 unspecified atom stereocenters. The van der Waals surface area contributed by atoms with Crippen molar-refractivity contribution in [3.63, 3.8) is 0 Å². The van der Waals surface area contributed by atoms with Crippen LogP contribution in [0.3, 0.4) is 0 Å². The summed E-state index contributed by atoms with van der Waals surface area (Å²) < 4.78 is 10.8. The first kappa shape index (κ1) is 16.0. The predicted molar refractivity (Wildman–Crippen MR) is 83.1 cm³/mol. The molecule has 1 saturated heterocycles. The van der Waals surface area contributed by atoms with Gasteiger partial charge in [0.2, 0.25) is 5.88 Å². The van der Waals surface area contributed by atoms with Gasteiger partial charge in [-0.25, -0.2) is 9.97 Å². The van der Waals surface area contributed by atoms with Crippen LogP contribution in [0.4, 0.5) is 5.82 Å². The van der Waals surface area contributed by atoms with E-state index in [4.69, 9.17) is 9.47 Å². The third-order valence-corrected chi connectivity index (χ3v) is 3.76. The average molecular weight is 294 g/mol. The van der Waals surface area contributed by atoms with Crippen LogP contribution in [0.1, 0.15) is 25.3 Å². The Bertz CT molecular complexity index is 436. The van der Waals surface area contributed by atoms with Crippen LogP contribution in [-0.2, 0) is 4.74 Å². The van der Waals surface area contributed by atoms with Gasteiger partial charge in [-0.1, -0.05) is 0 Å². The van der Waals surface area contributed by atoms with Gasteiger partial charge in [0, 0.05) is 26.2 Å². The van der Waals surface area contributed by atoms with E-state index in [0.717, 1.165) is 31.0 Å². The van der Waals surface area contributed by atoms with Crippen molar-refractivity contribution < 1.29 is 9.47 Å². The van der Waals surface area contributed by atoms with Crippen molar-refractivity contribution in [2.75, 3.05) is 44.9 Å². The second-order valence-electron chi connectivity index (χ2n) is 5.29. The molecule has 1 N–H and O–H groups in total. The molecule has 21 heavy (non-hydrogen) atoms. The maximum atomic E-state index is 5.58. The zero-order valence-electron chi connectivity index (χ0n) is 13.3. The Hall–Kier alpha value is -1.40. The topological polar surface area (TPSA) is 59.5 Å². The Kier molecular flexibility index (Phi) is 6.20. The number of nitrogens with zero attached hydrogens (tertiary/aromatic N) is 3. The SMILES string of the molecule is CCOc1ncnc(N(CCOC)CC2CCCN2)c1C. The Morgan fingerprint density at radius 1 is 1.43 bits per heavy atom. The summed E-state index contributed by atoms with van der Waals surface area (Å²) in [6.45, 7) is 8.13. The van der Waals surface area contributed by atoms with E-state index in [1.165, 1.54) is 12.8 Å². The van der Waals surface area contributed by atoms with Gasteiger partial charge in [-0.3, -0.25) is 0 Å². The van der Waals surface area contributed by atoms with Crippen molar-refractivity contribution in [3.8, 4) is 5.88 Å². The van der Waals surface area contributed by atoms with E-state index in [2.05, 4.69) is 20.2 Å². The lowest BCUT2D eigenvalue weighted by molar-refractivity contribution is 0.204. The molecule has 0 aliphatic carbocycles. The van der Waals surface area contributed by atoms with Crippen LogP contribution in [-0.4, -0.2) is 56.0 Å². The first-order chi connectivity index (χ1) is 10.3. The number of hydrogen-bond acceptors (Lipinski definition) is 6. The molecule has 1 aromatic rings. The minimum Gasteiger partial charge on any atom is -0.478 e. The quantitative estimate of drug-likeness (QED) is 0.782. The summed E-state index contributed by atoms with van der Waals surface area (Å²) in [5, 5.41) is 3.54. The van der Waals surface area contributed by atoms with E-state index >= 15 is 0 Å². The van der Waals surface area contributed by atoms with Crippen molar-refractivity contribution in [2.24, 2.45) is 0 Å². The molecule has 0 radical (unpaired) electrons. The van der Waals surface area contributed by atoms with Crippen LogP contribution in [0, 0.1) is 6.92 Å². The largest absolute Gasteiger partial charge is 0.478 e. The molecule has 0 spiro atoms. The maximum absolute atomic E-state index is 5.58. The van der Waals surface area contributed by atoms with Crippen LogP contribution < -0.4 is 15.0 Å². The molecule has 6 heteroatoms. The zero-order valence-corrected chi connectivity index (χ0v) is 13.3. The van der Waals surface area contributed by atoms with Gasteiger partial charge in [0.05, 0.1) is 18.8 Å². The second kappa shape index (κ2) is 8.14. The molecule has 1 atom stereocenters. The molecule has 1 aliphatic heterocycles. The summed E-state index contributed by atoms with van der Waals surface area (Å²) in [6, 6.07) is 0.520. The maximum Gasteiger partial charge on any atom is 0.221 e. The van der Waals surface area contributed by atoms with E-state index in [9.17, 15) is 0 Å². The van der Waals surface area contributed by atoms with E-state index < -0.39 is 0 Å². The molecule has 118 valence electrons. The lowest BCUT2D eigenvalue weighted by atomic mass is 10.2. The van der Waals surface area contributed by atoms with Gasteiger partial charge < -0.3 is 19.7 Å². The van der Waals surface area contributed by atoms with E-state index in [0.29, 0.717) is 25.1 Å². The fraction of sp³-hybridized carbons (Fsp3) is 0.733. The number of anilines is 1. The first-order valence-electron chi connectivity index (χ1n) is 7.68. The lowest BCUT2D eigenvalue weighted by Gasteiger charge is -2.28. The number of rotatable bonds is 8. The Balaban J connectivity index is 2.16. The Labute approximate surface area is 126 Å². The second-order valence-corrected chi connectivity index (χ2v) is 5.29. The third-order valence-electron chi connectivity index (χ3n) is 3.76. The van der Waals surface area contributed by atoms with Crippen LogP contribution in [0.2, 0.25) is 0 Å². The Morgan fingerprint density at radius 2 is 2.29 bits per heavy atom. The van der Waals surface area contributed by atoms with E-state index in [-0.39, 0.29) is 0 Å². The molecule has 1 aromatic heterocycles. The normalized spacial score (nSPS) is 18.0. The highest BCUT2D eigenvalue weighted by Gasteiger charge is 2.21. The van der Waals surface area contributed by atoms with E-state index in [1.54, 1.807) is 13.4 Å². The van der Waals surface area contributed by atoms with Gasteiger partial charge in [-0.15, -0.1) is 0 Å². The molecule has 2 rings (SSSR count). The summed E-state index contributed by atoms with van der Waals surface area (Å²) in [7, 11) is 1.73. The molecular weight excluding hydrogens is 268 g/mol. The summed E-state index contributed by atoms with van der Waals surface area (Å²) in [4.78, 5) is 11.0. The zero-order chi connectivity index (χ0) is 15.1. The smallest absolute Gasteiger partial charge is 0.221 e. The van der Waals surface area contributed by atoms with Gasteiger partial charge in [0.1, 0.15) is 12.1 Å². The van der Waals surface area contributed by atoms with Crippen LogP contribution >= 0.6 is 0 Å². The molecule has 6 nitrogen and oxygen atoms in total. The summed E-state index contributed by atoms with van der Waals surface area (Å²) in [5.74, 6) is 1.61. The van der Waals surface area contributed by atoms with E-state index in [1.807, 2.05) is 13.8 Å². The van der Waals surface area contributed by atoms with Crippen molar-refractivity contribution in [2.45, 2.75) is 32.7 Å². The van der Waals surface area contributed by atoms with Gasteiger partial charge in [0.25, 0.3) is 0 Å². The highest BCUT2D eigenvalue weighted by atomic mass is 16.5. The number of nitrogens with one attached hydrogen (secondary N) is 1. The molecular formula is C15H26N4O2. The van der Waals surface area contributed by atoms with Crippen molar-refractivity contribution in [1.82, 2.24) is 15.3 Å². The van der Waals surface area contributed by atoms with Crippen molar-refractivity contribution in [3.05, 3.63) is 11.9 Å². The van der Waals surface area contributed by atoms with Crippen LogP contribution in [0.25, 0.3) is 0 Å². The van der Waals surface area contributed by atoms with Gasteiger partial charge >= 0.3 is 0 Å². The Morgan fingerprint density at radius 3 is 2.95 bits per heavy atom. The summed E-state index contributed by atoms with van der Waals surface area (Å²) in [6.07, 6.45) is 4.04. The molecule has 0 aromatic carbocycles.